The molecule has 0 aliphatic carbocycles. The Hall–Kier alpha value is -3.15. The predicted molar refractivity (Wildman–Crippen MR) is 107 cm³/mol. The van der Waals surface area contributed by atoms with Crippen molar-refractivity contribution in [2.24, 2.45) is 5.92 Å². The third-order valence-corrected chi connectivity index (χ3v) is 4.88. The summed E-state index contributed by atoms with van der Waals surface area (Å²) in [6.07, 6.45) is 0.0891. The number of amides is 2. The first-order valence-electron chi connectivity index (χ1n) is 9.25. The highest BCUT2D eigenvalue weighted by Crippen LogP contribution is 2.28. The van der Waals surface area contributed by atoms with Crippen LogP contribution in [0.1, 0.15) is 23.1 Å². The monoisotopic (exact) mass is 380 g/mol. The average molecular weight is 380 g/mol. The predicted octanol–water partition coefficient (Wildman–Crippen LogP) is 3.15. The van der Waals surface area contributed by atoms with Gasteiger partial charge >= 0.3 is 5.97 Å². The number of para-hydroxylation sites is 1. The highest BCUT2D eigenvalue weighted by Gasteiger charge is 2.36. The lowest BCUT2D eigenvalue weighted by molar-refractivity contribution is -0.151. The van der Waals surface area contributed by atoms with E-state index in [1.165, 1.54) is 0 Å². The number of benzene rings is 2. The molecule has 2 aromatic rings. The molecule has 1 atom stereocenters. The molecule has 1 aliphatic heterocycles. The highest BCUT2D eigenvalue weighted by atomic mass is 16.5. The SMILES string of the molecule is Cc1ccc(C)c(NC(=O)COC(=O)[C@H]2CC(=O)N(c3ccccc3C)C2)c1. The van der Waals surface area contributed by atoms with Gasteiger partial charge in [0.15, 0.2) is 6.61 Å². The van der Waals surface area contributed by atoms with Gasteiger partial charge in [-0.25, -0.2) is 0 Å². The number of ether oxygens (including phenoxy) is 1. The number of hydrogen-bond acceptors (Lipinski definition) is 4. The lowest BCUT2D eigenvalue weighted by atomic mass is 10.1. The molecule has 2 aromatic carbocycles. The minimum absolute atomic E-state index is 0.0891. The van der Waals surface area contributed by atoms with Crippen molar-refractivity contribution in [3.05, 3.63) is 59.2 Å². The Morgan fingerprint density at radius 2 is 1.86 bits per heavy atom. The first-order valence-corrected chi connectivity index (χ1v) is 9.25. The maximum atomic E-state index is 12.3. The van der Waals surface area contributed by atoms with E-state index in [4.69, 9.17) is 4.74 Å². The fourth-order valence-corrected chi connectivity index (χ4v) is 3.28. The van der Waals surface area contributed by atoms with E-state index in [9.17, 15) is 14.4 Å². The van der Waals surface area contributed by atoms with E-state index in [1.807, 2.05) is 63.2 Å². The Balaban J connectivity index is 1.55. The number of esters is 1. The maximum absolute atomic E-state index is 12.3. The molecule has 0 unspecified atom stereocenters. The van der Waals surface area contributed by atoms with E-state index < -0.39 is 17.8 Å². The van der Waals surface area contributed by atoms with Crippen molar-refractivity contribution in [1.29, 1.82) is 0 Å². The molecule has 0 radical (unpaired) electrons. The second-order valence-corrected chi connectivity index (χ2v) is 7.17. The number of rotatable bonds is 5. The lowest BCUT2D eigenvalue weighted by Crippen LogP contribution is -2.28. The van der Waals surface area contributed by atoms with Crippen LogP contribution in [0.25, 0.3) is 0 Å². The van der Waals surface area contributed by atoms with E-state index >= 15 is 0 Å². The summed E-state index contributed by atoms with van der Waals surface area (Å²) < 4.78 is 5.16. The van der Waals surface area contributed by atoms with Gasteiger partial charge in [0.25, 0.3) is 5.91 Å². The third-order valence-electron chi connectivity index (χ3n) is 4.88. The van der Waals surface area contributed by atoms with Crippen molar-refractivity contribution < 1.29 is 19.1 Å². The maximum Gasteiger partial charge on any atom is 0.311 e. The zero-order valence-corrected chi connectivity index (χ0v) is 16.3. The summed E-state index contributed by atoms with van der Waals surface area (Å²) in [6.45, 7) is 5.64. The summed E-state index contributed by atoms with van der Waals surface area (Å²) in [4.78, 5) is 38.4. The molecule has 1 aliphatic rings. The second-order valence-electron chi connectivity index (χ2n) is 7.17. The molecule has 146 valence electrons. The largest absolute Gasteiger partial charge is 0.455 e. The van der Waals surface area contributed by atoms with E-state index in [2.05, 4.69) is 5.32 Å². The third kappa shape index (κ3) is 4.39. The Morgan fingerprint density at radius 3 is 2.61 bits per heavy atom. The quantitative estimate of drug-likeness (QED) is 0.809. The molecule has 6 heteroatoms. The van der Waals surface area contributed by atoms with Crippen molar-refractivity contribution in [1.82, 2.24) is 0 Å². The first-order chi connectivity index (χ1) is 13.3. The number of nitrogens with one attached hydrogen (secondary N) is 1. The number of anilines is 2. The van der Waals surface area contributed by atoms with Crippen molar-refractivity contribution >= 4 is 29.2 Å². The zero-order chi connectivity index (χ0) is 20.3. The molecule has 0 bridgehead atoms. The minimum Gasteiger partial charge on any atom is -0.455 e. The lowest BCUT2D eigenvalue weighted by Gasteiger charge is -2.18. The standard InChI is InChI=1S/C22H24N2O4/c1-14-8-9-15(2)18(10-14)23-20(25)13-28-22(27)17-11-21(26)24(12-17)19-7-5-4-6-16(19)3/h4-10,17H,11-13H2,1-3H3,(H,23,25)/t17-/m0/s1. The first kappa shape index (κ1) is 19.6. The Morgan fingerprint density at radius 1 is 1.11 bits per heavy atom. The van der Waals surface area contributed by atoms with Gasteiger partial charge in [0.1, 0.15) is 0 Å². The van der Waals surface area contributed by atoms with Gasteiger partial charge in [-0.05, 0) is 49.6 Å². The number of nitrogens with zero attached hydrogens (tertiary/aromatic N) is 1. The minimum atomic E-state index is -0.569. The fraction of sp³-hybridized carbons (Fsp3) is 0.318. The summed E-state index contributed by atoms with van der Waals surface area (Å²) in [6, 6.07) is 13.3. The van der Waals surface area contributed by atoms with Crippen LogP contribution in [0.2, 0.25) is 0 Å². The van der Waals surface area contributed by atoms with Crippen LogP contribution in [-0.4, -0.2) is 30.9 Å². The molecule has 2 amide bonds. The van der Waals surface area contributed by atoms with Crippen molar-refractivity contribution in [2.45, 2.75) is 27.2 Å². The molecule has 1 N–H and O–H groups in total. The van der Waals surface area contributed by atoms with Crippen LogP contribution in [-0.2, 0) is 19.1 Å². The van der Waals surface area contributed by atoms with E-state index in [1.54, 1.807) is 4.90 Å². The van der Waals surface area contributed by atoms with E-state index in [0.29, 0.717) is 5.69 Å². The molecule has 0 spiro atoms. The number of carbonyl (C=O) groups is 3. The van der Waals surface area contributed by atoms with Gasteiger partial charge in [-0.1, -0.05) is 30.3 Å². The molecule has 1 fully saturated rings. The normalized spacial score (nSPS) is 16.2. The van der Waals surface area contributed by atoms with Gasteiger partial charge in [0.05, 0.1) is 5.92 Å². The molecular weight excluding hydrogens is 356 g/mol. The molecule has 3 rings (SSSR count). The van der Waals surface area contributed by atoms with Crippen LogP contribution in [0.15, 0.2) is 42.5 Å². The summed E-state index contributed by atoms with van der Waals surface area (Å²) in [5.41, 5.74) is 4.43. The smallest absolute Gasteiger partial charge is 0.311 e. The van der Waals surface area contributed by atoms with Crippen LogP contribution in [0.5, 0.6) is 0 Å². The number of hydrogen-bond donors (Lipinski definition) is 1. The number of carbonyl (C=O) groups excluding carboxylic acids is 3. The molecular formula is C22H24N2O4. The Bertz CT molecular complexity index is 923. The molecule has 0 saturated carbocycles. The van der Waals surface area contributed by atoms with E-state index in [-0.39, 0.29) is 25.5 Å². The van der Waals surface area contributed by atoms with Crippen molar-refractivity contribution in [2.75, 3.05) is 23.4 Å². The highest BCUT2D eigenvalue weighted by molar-refractivity contribution is 6.00. The van der Waals surface area contributed by atoms with Crippen LogP contribution < -0.4 is 10.2 Å². The number of aryl methyl sites for hydroxylation is 3. The van der Waals surface area contributed by atoms with Gasteiger partial charge in [-0.2, -0.15) is 0 Å². The molecule has 0 aromatic heterocycles. The Kier molecular flexibility index (Phi) is 5.78. The van der Waals surface area contributed by atoms with Crippen LogP contribution >= 0.6 is 0 Å². The van der Waals surface area contributed by atoms with Gasteiger partial charge in [-0.3, -0.25) is 14.4 Å². The second kappa shape index (κ2) is 8.25. The molecule has 1 heterocycles. The van der Waals surface area contributed by atoms with Crippen LogP contribution in [0.3, 0.4) is 0 Å². The van der Waals surface area contributed by atoms with Crippen LogP contribution in [0, 0.1) is 26.7 Å². The van der Waals surface area contributed by atoms with Gasteiger partial charge in [-0.15, -0.1) is 0 Å². The molecule has 1 saturated heterocycles. The van der Waals surface area contributed by atoms with E-state index in [0.717, 1.165) is 22.4 Å². The van der Waals surface area contributed by atoms with Crippen molar-refractivity contribution in [3.8, 4) is 0 Å². The van der Waals surface area contributed by atoms with Gasteiger partial charge < -0.3 is 15.0 Å². The summed E-state index contributed by atoms with van der Waals surface area (Å²) in [5.74, 6) is -1.61. The Labute approximate surface area is 164 Å². The fourth-order valence-electron chi connectivity index (χ4n) is 3.28. The zero-order valence-electron chi connectivity index (χ0n) is 16.3. The molecule has 6 nitrogen and oxygen atoms in total. The van der Waals surface area contributed by atoms with Crippen LogP contribution in [0.4, 0.5) is 11.4 Å². The summed E-state index contributed by atoms with van der Waals surface area (Å²) >= 11 is 0. The summed E-state index contributed by atoms with van der Waals surface area (Å²) in [7, 11) is 0. The molecule has 28 heavy (non-hydrogen) atoms. The van der Waals surface area contributed by atoms with Gasteiger partial charge in [0.2, 0.25) is 5.91 Å². The summed E-state index contributed by atoms with van der Waals surface area (Å²) in [5, 5.41) is 2.75. The van der Waals surface area contributed by atoms with Gasteiger partial charge in [0, 0.05) is 24.3 Å². The van der Waals surface area contributed by atoms with Crippen molar-refractivity contribution in [3.63, 3.8) is 0 Å². The topological polar surface area (TPSA) is 75.7 Å². The average Bonchev–Trinajstić information content (AvgIpc) is 3.05.